The van der Waals surface area contributed by atoms with Gasteiger partial charge in [-0.3, -0.25) is 9.59 Å². The van der Waals surface area contributed by atoms with E-state index in [0.29, 0.717) is 0 Å². The first-order chi connectivity index (χ1) is 31.1. The van der Waals surface area contributed by atoms with Crippen molar-refractivity contribution in [3.05, 3.63) is 85.1 Å². The van der Waals surface area contributed by atoms with E-state index in [4.69, 9.17) is 24.7 Å². The van der Waals surface area contributed by atoms with Crippen molar-refractivity contribution in [2.45, 2.75) is 176 Å². The molecule has 13 N–H and O–H groups in total. The number of halogens is 1. The van der Waals surface area contributed by atoms with Gasteiger partial charge < -0.3 is 80.9 Å². The normalized spacial score (nSPS) is 42.7. The third kappa shape index (κ3) is 17.5. The topological polar surface area (TPSA) is 320 Å². The Morgan fingerprint density at radius 2 is 1.26 bits per heavy atom. The summed E-state index contributed by atoms with van der Waals surface area (Å²) >= 11 is 0. The van der Waals surface area contributed by atoms with Crippen LogP contribution in [-0.2, 0) is 28.5 Å². The molecule has 66 heavy (non-hydrogen) atoms. The second-order valence-corrected chi connectivity index (χ2v) is 17.6. The van der Waals surface area contributed by atoms with Gasteiger partial charge in [0.05, 0.1) is 73.5 Å². The van der Waals surface area contributed by atoms with Gasteiger partial charge in [-0.2, -0.15) is 0 Å². The number of nitrogens with two attached hydrogens (primary N) is 1. The Morgan fingerprint density at radius 1 is 0.697 bits per heavy atom. The second kappa shape index (κ2) is 27.5. The predicted octanol–water partition coefficient (Wildman–Crippen LogP) is 0.660. The molecule has 2 fully saturated rings. The number of fused-ring (bicyclic) bond motifs is 2. The van der Waals surface area contributed by atoms with E-state index >= 15 is 4.39 Å². The smallest absolute Gasteiger partial charge is 0.311 e. The molecule has 0 saturated carbocycles. The number of hydrogen-bond acceptors (Lipinski definition) is 17. The number of carbonyl (C=O) groups is 2. The van der Waals surface area contributed by atoms with Crippen molar-refractivity contribution in [3.8, 4) is 0 Å². The lowest BCUT2D eigenvalue weighted by molar-refractivity contribution is -0.334. The Labute approximate surface area is 385 Å². The first-order valence-electron chi connectivity index (χ1n) is 22.4. The fraction of sp³-hybridized carbons (Fsp3) is 0.660. The summed E-state index contributed by atoms with van der Waals surface area (Å²) in [5, 5.41) is 118. The molecule has 19 heteroatoms. The minimum absolute atomic E-state index is 0.170. The van der Waals surface area contributed by atoms with Crippen LogP contribution >= 0.6 is 0 Å². The minimum Gasteiger partial charge on any atom is -0.481 e. The van der Waals surface area contributed by atoms with Gasteiger partial charge in [-0.1, -0.05) is 98.9 Å². The van der Waals surface area contributed by atoms with Crippen molar-refractivity contribution in [1.29, 1.82) is 0 Å². The van der Waals surface area contributed by atoms with Crippen LogP contribution in [0.5, 0.6) is 0 Å². The van der Waals surface area contributed by atoms with Gasteiger partial charge in [-0.05, 0) is 33.1 Å². The van der Waals surface area contributed by atoms with Crippen molar-refractivity contribution in [2.24, 2.45) is 23.5 Å². The molecule has 374 valence electrons. The van der Waals surface area contributed by atoms with Gasteiger partial charge in [0.25, 0.3) is 0 Å². The molecule has 2 saturated heterocycles. The van der Waals surface area contributed by atoms with Crippen molar-refractivity contribution < 1.29 is 89.1 Å². The molecule has 0 radical (unpaired) electrons. The lowest BCUT2D eigenvalue weighted by Gasteiger charge is -2.47. The summed E-state index contributed by atoms with van der Waals surface area (Å²) in [7, 11) is 0. The SMILES string of the molecule is C[C@@H]1[C@H](O)[C@@H](C)C=CC=CC=CC=CC=CC=CC=C[C@H](O[C@@H]2O[C@H](C)[C@@H](O)[C@H](N)[C@@H]2O)C[C@@H]2O[C@](O)(C[C@@H](O)C[C@@H](O)[C@H](O)CC[C@@H](O)C[C@@H](O)CC(=O)O[C@H]1C)[C@@H](F)[C@H](O)[C@H]2C(=O)O. The molecule has 20 atom stereocenters. The van der Waals surface area contributed by atoms with Crippen LogP contribution in [0.2, 0.25) is 0 Å². The molecule has 0 aromatic heterocycles. The van der Waals surface area contributed by atoms with Gasteiger partial charge in [-0.15, -0.1) is 0 Å². The van der Waals surface area contributed by atoms with Gasteiger partial charge in [0.1, 0.15) is 24.2 Å². The average molecular weight is 942 g/mol. The van der Waals surface area contributed by atoms with Crippen LogP contribution in [0.25, 0.3) is 0 Å². The number of hydrogen-bond donors (Lipinski definition) is 12. The number of carbonyl (C=O) groups excluding carboxylic acids is 1. The second-order valence-electron chi connectivity index (χ2n) is 17.6. The summed E-state index contributed by atoms with van der Waals surface area (Å²) in [5.41, 5.74) is 5.99. The maximum absolute atomic E-state index is 15.8. The summed E-state index contributed by atoms with van der Waals surface area (Å²) in [4.78, 5) is 25.1. The fourth-order valence-corrected chi connectivity index (χ4v) is 7.91. The highest BCUT2D eigenvalue weighted by Crippen LogP contribution is 2.40. The highest BCUT2D eigenvalue weighted by molar-refractivity contribution is 5.72. The zero-order valence-corrected chi connectivity index (χ0v) is 37.8. The molecule has 0 amide bonds. The molecule has 3 aliphatic rings. The van der Waals surface area contributed by atoms with Gasteiger partial charge >= 0.3 is 11.9 Å². The first-order valence-corrected chi connectivity index (χ1v) is 22.4. The number of carboxylic acids is 1. The van der Waals surface area contributed by atoms with Gasteiger partial charge in [-0.25, -0.2) is 4.39 Å². The summed E-state index contributed by atoms with van der Waals surface area (Å²) in [6.45, 7) is 6.65. The predicted molar refractivity (Wildman–Crippen MR) is 237 cm³/mol. The number of ether oxygens (including phenoxy) is 4. The number of carboxylic acid groups (broad SMARTS) is 1. The monoisotopic (exact) mass is 941 g/mol. The third-order valence-electron chi connectivity index (χ3n) is 12.1. The highest BCUT2D eigenvalue weighted by atomic mass is 19.1. The van der Waals surface area contributed by atoms with Gasteiger partial charge in [0, 0.05) is 31.1 Å². The molecule has 18 nitrogen and oxygen atoms in total. The average Bonchev–Trinajstić information content (AvgIpc) is 3.24. The highest BCUT2D eigenvalue weighted by Gasteiger charge is 2.57. The molecule has 0 aromatic carbocycles. The van der Waals surface area contributed by atoms with E-state index < -0.39 is 153 Å². The van der Waals surface area contributed by atoms with E-state index in [1.165, 1.54) is 19.1 Å². The van der Waals surface area contributed by atoms with Crippen LogP contribution in [0.4, 0.5) is 4.39 Å². The Kier molecular flexibility index (Phi) is 23.7. The largest absolute Gasteiger partial charge is 0.481 e. The van der Waals surface area contributed by atoms with Gasteiger partial charge in [0.2, 0.25) is 5.79 Å². The van der Waals surface area contributed by atoms with Gasteiger partial charge in [0.15, 0.2) is 12.5 Å². The van der Waals surface area contributed by atoms with Crippen molar-refractivity contribution >= 4 is 11.9 Å². The number of esters is 1. The zero-order chi connectivity index (χ0) is 49.3. The molecule has 0 spiro atoms. The van der Waals surface area contributed by atoms with Crippen molar-refractivity contribution in [3.63, 3.8) is 0 Å². The van der Waals surface area contributed by atoms with Crippen LogP contribution < -0.4 is 5.73 Å². The maximum Gasteiger partial charge on any atom is 0.311 e. The van der Waals surface area contributed by atoms with Crippen molar-refractivity contribution in [1.82, 2.24) is 0 Å². The van der Waals surface area contributed by atoms with Crippen LogP contribution in [0.15, 0.2) is 85.1 Å². The summed E-state index contributed by atoms with van der Waals surface area (Å²) in [5.74, 6) is -8.24. The Morgan fingerprint density at radius 3 is 1.83 bits per heavy atom. The lowest BCUT2D eigenvalue weighted by atomic mass is 9.81. The first kappa shape index (κ1) is 56.8. The van der Waals surface area contributed by atoms with Crippen LogP contribution in [-0.4, -0.2) is 172 Å². The Balaban J connectivity index is 1.89. The molecule has 3 heterocycles. The lowest BCUT2D eigenvalue weighted by Crippen LogP contribution is -2.64. The standard InChI is InChI=1S/C47H72FNO17/c1-26-17-15-13-11-9-7-5-6-8-10-12-14-16-18-33(65-46-43(59)39(49)41(57)29(4)64-46)24-36-38(45(60)61)42(58)44(48)47(62,66-36)25-32(52)22-35(54)34(53)20-19-30(50)21-31(51)23-37(55)63-28(3)27(2)40(26)56/h5-18,26-36,38-44,46,50-54,56-59,62H,19-25,49H2,1-4H3,(H,60,61)/t26-,27-,28-,29+,30+,31+,32-,33-,34+,35+,36-,38-,39-,40+,41+,42+,43-,44-,46-,47+/m0/s1. The summed E-state index contributed by atoms with van der Waals surface area (Å²) in [6, 6.07) is -1.20. The van der Waals surface area contributed by atoms with Crippen LogP contribution in [0.3, 0.4) is 0 Å². The van der Waals surface area contributed by atoms with E-state index in [-0.39, 0.29) is 25.2 Å². The fourth-order valence-electron chi connectivity index (χ4n) is 7.91. The minimum atomic E-state index is -3.03. The summed E-state index contributed by atoms with van der Waals surface area (Å²) < 4.78 is 38.5. The molecule has 2 bridgehead atoms. The molecular weight excluding hydrogens is 870 g/mol. The number of aliphatic hydroxyl groups is 10. The van der Waals surface area contributed by atoms with E-state index in [1.54, 1.807) is 86.8 Å². The molecule has 0 unspecified atom stereocenters. The van der Waals surface area contributed by atoms with Crippen molar-refractivity contribution in [2.75, 3.05) is 0 Å². The van der Waals surface area contributed by atoms with E-state index in [9.17, 15) is 65.8 Å². The number of aliphatic hydroxyl groups excluding tert-OH is 9. The number of alkyl halides is 1. The van der Waals surface area contributed by atoms with E-state index in [1.807, 2.05) is 6.92 Å². The summed E-state index contributed by atoms with van der Waals surface area (Å²) in [6.07, 6.45) is -2.09. The van der Waals surface area contributed by atoms with E-state index in [0.717, 1.165) is 0 Å². The third-order valence-corrected chi connectivity index (χ3v) is 12.1. The maximum atomic E-state index is 15.8. The molecule has 0 aliphatic carbocycles. The van der Waals surface area contributed by atoms with Crippen LogP contribution in [0.1, 0.15) is 72.6 Å². The molecular formula is C47H72FNO17. The molecule has 3 aliphatic heterocycles. The quantitative estimate of drug-likeness (QED) is 0.173. The molecule has 3 rings (SSSR count). The van der Waals surface area contributed by atoms with E-state index in [2.05, 4.69) is 0 Å². The number of cyclic esters (lactones) is 1. The van der Waals surface area contributed by atoms with Crippen LogP contribution in [0, 0.1) is 17.8 Å². The molecule has 0 aromatic rings. The Hall–Kier alpha value is -3.51. The zero-order valence-electron chi connectivity index (χ0n) is 37.8. The Bertz CT molecular complexity index is 1710. The number of allylic oxidation sites excluding steroid dienone is 12. The number of rotatable bonds is 3. The number of aliphatic carboxylic acids is 1.